The number of imidazole rings is 1. The number of nitrogens with two attached hydrogens (primary N) is 1. The number of fused-ring (bicyclic) bond motifs is 6. The van der Waals surface area contributed by atoms with Crippen LogP contribution in [0.25, 0.3) is 61.2 Å². The van der Waals surface area contributed by atoms with E-state index in [4.69, 9.17) is 40.9 Å². The van der Waals surface area contributed by atoms with Gasteiger partial charge in [-0.25, -0.2) is 19.9 Å². The van der Waals surface area contributed by atoms with Crippen molar-refractivity contribution in [3.8, 4) is 17.1 Å². The zero-order valence-corrected chi connectivity index (χ0v) is 37.3. The lowest BCUT2D eigenvalue weighted by atomic mass is 9.90. The molecule has 10 heteroatoms. The van der Waals surface area contributed by atoms with Crippen LogP contribution in [0.2, 0.25) is 0 Å². The number of aliphatic imine (C=N–C) groups is 1. The molecule has 9 aromatic rings. The third kappa shape index (κ3) is 8.63. The molecule has 4 aromatic carbocycles. The Labute approximate surface area is 367 Å². The summed E-state index contributed by atoms with van der Waals surface area (Å²) in [6.07, 6.45) is 8.12. The lowest BCUT2D eigenvalue weighted by Crippen LogP contribution is -2.13. The number of rotatable bonds is 9. The Hall–Kier alpha value is -6.58. The van der Waals surface area contributed by atoms with Gasteiger partial charge in [-0.1, -0.05) is 116 Å². The third-order valence-corrected chi connectivity index (χ3v) is 11.0. The second-order valence-corrected chi connectivity index (χ2v) is 16.7. The maximum atomic E-state index is 9.04. The number of carbonyl (C=O) groups excluding carboxylic acids is 1. The molecule has 5 aromatic heterocycles. The summed E-state index contributed by atoms with van der Waals surface area (Å²) in [5.74, 6) is 2.70. The van der Waals surface area contributed by atoms with Gasteiger partial charge in [0, 0.05) is 68.6 Å². The van der Waals surface area contributed by atoms with Crippen molar-refractivity contribution in [1.82, 2.24) is 19.5 Å². The summed E-state index contributed by atoms with van der Waals surface area (Å²) in [6.45, 7) is 17.6. The highest BCUT2D eigenvalue weighted by Crippen LogP contribution is 2.45. The van der Waals surface area contributed by atoms with Crippen molar-refractivity contribution in [2.45, 2.75) is 79.1 Å². The first-order valence-electron chi connectivity index (χ1n) is 21.1. The molecule has 0 fully saturated rings. The van der Waals surface area contributed by atoms with Gasteiger partial charge in [-0.2, -0.15) is 0 Å². The molecular weight excluding hydrogens is 792 g/mol. The van der Waals surface area contributed by atoms with Crippen molar-refractivity contribution < 1.29 is 13.6 Å². The average Bonchev–Trinajstić information content (AvgIpc) is 4.01. The van der Waals surface area contributed by atoms with Crippen molar-refractivity contribution in [2.24, 2.45) is 10.7 Å². The Morgan fingerprint density at radius 1 is 0.661 bits per heavy atom. The summed E-state index contributed by atoms with van der Waals surface area (Å²) in [7, 11) is 0. The maximum absolute atomic E-state index is 9.04. The number of benzene rings is 4. The van der Waals surface area contributed by atoms with Crippen molar-refractivity contribution in [3.05, 3.63) is 150 Å². The van der Waals surface area contributed by atoms with Gasteiger partial charge in [0.25, 0.3) is 0 Å². The number of furan rings is 2. The van der Waals surface area contributed by atoms with Gasteiger partial charge >= 0.3 is 0 Å². The zero-order chi connectivity index (χ0) is 44.1. The molecule has 0 aliphatic rings. The molecule has 0 amide bonds. The van der Waals surface area contributed by atoms with E-state index in [2.05, 4.69) is 125 Å². The smallest absolute Gasteiger partial charge is 0.227 e. The van der Waals surface area contributed by atoms with Crippen molar-refractivity contribution in [1.29, 1.82) is 0 Å². The fraction of sp³-hybridized carbons (Fsp3) is 0.250. The van der Waals surface area contributed by atoms with Crippen LogP contribution in [0.4, 0.5) is 5.69 Å². The molecule has 316 valence electrons. The monoisotopic (exact) mass is 844 g/mol. The fourth-order valence-electron chi connectivity index (χ4n) is 7.99. The number of hydrogen-bond donors (Lipinski definition) is 1. The third-order valence-electron chi connectivity index (χ3n) is 10.8. The second-order valence-electron chi connectivity index (χ2n) is 16.4. The van der Waals surface area contributed by atoms with Gasteiger partial charge in [-0.15, -0.1) is 11.6 Å². The highest BCUT2D eigenvalue weighted by molar-refractivity contribution is 6.24. The molecule has 5 heterocycles. The summed E-state index contributed by atoms with van der Waals surface area (Å²) in [5, 5.41) is 4.33. The molecule has 9 nitrogen and oxygen atoms in total. The first-order valence-corrected chi connectivity index (χ1v) is 21.6. The van der Waals surface area contributed by atoms with E-state index >= 15 is 0 Å². The quantitative estimate of drug-likeness (QED) is 0.0663. The van der Waals surface area contributed by atoms with E-state index in [1.807, 2.05) is 54.7 Å². The second kappa shape index (κ2) is 19.0. The summed E-state index contributed by atoms with van der Waals surface area (Å²) >= 11 is 4.82. The molecule has 9 rings (SSSR count). The molecule has 62 heavy (non-hydrogen) atoms. The largest absolute Gasteiger partial charge is 0.437 e. The summed E-state index contributed by atoms with van der Waals surface area (Å²) in [5.41, 5.74) is 18.3. The van der Waals surface area contributed by atoms with Gasteiger partial charge in [0.1, 0.15) is 29.1 Å². The predicted octanol–water partition coefficient (Wildman–Crippen LogP) is 13.8. The Morgan fingerprint density at radius 3 is 1.69 bits per heavy atom. The van der Waals surface area contributed by atoms with Gasteiger partial charge in [0.05, 0.1) is 17.3 Å². The van der Waals surface area contributed by atoms with Crippen LogP contribution in [-0.2, 0) is 4.79 Å². The van der Waals surface area contributed by atoms with Crippen LogP contribution in [0.15, 0.2) is 136 Å². The molecule has 0 bridgehead atoms. The minimum atomic E-state index is 0.111. The zero-order valence-electron chi connectivity index (χ0n) is 36.6. The highest BCUT2D eigenvalue weighted by Gasteiger charge is 2.26. The predicted molar refractivity (Wildman–Crippen MR) is 256 cm³/mol. The van der Waals surface area contributed by atoms with Crippen LogP contribution >= 0.6 is 11.6 Å². The molecule has 0 radical (unpaired) electrons. The van der Waals surface area contributed by atoms with Crippen molar-refractivity contribution in [3.63, 3.8) is 0 Å². The van der Waals surface area contributed by atoms with E-state index in [-0.39, 0.29) is 17.7 Å². The number of aldehydes is 1. The Morgan fingerprint density at radius 2 is 1.18 bits per heavy atom. The first kappa shape index (κ1) is 43.5. The van der Waals surface area contributed by atoms with E-state index in [1.54, 1.807) is 12.4 Å². The number of nitrogens with zero attached hydrogens (tertiary/aromatic N) is 5. The van der Waals surface area contributed by atoms with Crippen molar-refractivity contribution >= 4 is 73.5 Å². The van der Waals surface area contributed by atoms with E-state index in [0.29, 0.717) is 35.4 Å². The topological polar surface area (TPSA) is 125 Å². The normalized spacial score (nSPS) is 11.9. The first-order chi connectivity index (χ1) is 29.9. The number of hydrogen-bond acceptors (Lipinski definition) is 7. The molecule has 0 atom stereocenters. The molecule has 0 saturated heterocycles. The van der Waals surface area contributed by atoms with Gasteiger partial charge in [-0.05, 0) is 71.2 Å². The number of pyridine rings is 2. The molecule has 0 unspecified atom stereocenters. The number of halogens is 1. The van der Waals surface area contributed by atoms with Crippen LogP contribution in [-0.4, -0.2) is 37.5 Å². The minimum Gasteiger partial charge on any atom is -0.437 e. The van der Waals surface area contributed by atoms with Crippen LogP contribution in [0.3, 0.4) is 0 Å². The lowest BCUT2D eigenvalue weighted by molar-refractivity contribution is -0.105. The van der Waals surface area contributed by atoms with E-state index in [1.165, 1.54) is 22.4 Å². The van der Waals surface area contributed by atoms with Crippen LogP contribution in [0.5, 0.6) is 0 Å². The Balaban J connectivity index is 0.000000172. The molecule has 2 N–H and O–H groups in total. The number of alkyl halides is 1. The van der Waals surface area contributed by atoms with E-state index in [9.17, 15) is 0 Å². The van der Waals surface area contributed by atoms with Gasteiger partial charge in [-0.3, -0.25) is 4.57 Å². The van der Waals surface area contributed by atoms with Crippen LogP contribution in [0, 0.1) is 0 Å². The van der Waals surface area contributed by atoms with Crippen LogP contribution in [0.1, 0.15) is 107 Å². The number of aromatic nitrogens is 4. The number of amidine groups is 1. The standard InChI is InChI=1S/C26H25N3O.C24H25N3O.C2H3ClO/c1-16(2)20-15-21-19-11-8-12-28-26(19)30-24(21)22(17(3)4)23(20)29-14-13-27-25(29)18-9-6-5-7-10-18;1-14(2)18-13-19-17-11-8-12-26-24(17)28-22(19)20(15(3)4)21(18)27-23(25)16-9-6-5-7-10-16;3-1-2-4/h5-17H,1-4H3;5-15H,1-4H3,(H2,25,27);2H,1H2. The van der Waals surface area contributed by atoms with E-state index < -0.39 is 0 Å². The number of carbonyl (C=O) groups is 1. The maximum Gasteiger partial charge on any atom is 0.227 e. The molecule has 0 aliphatic heterocycles. The molecule has 0 spiro atoms. The van der Waals surface area contributed by atoms with Crippen LogP contribution < -0.4 is 5.73 Å². The van der Waals surface area contributed by atoms with Gasteiger partial charge in [0.15, 0.2) is 0 Å². The molecule has 0 aliphatic carbocycles. The Kier molecular flexibility index (Phi) is 13.3. The highest BCUT2D eigenvalue weighted by atomic mass is 35.5. The SMILES string of the molecule is CC(C)c1cc2c(oc3ncccc32)c(C(C)C)c1-n1ccnc1-c1ccccc1.CC(C)c1cc2c(oc3ncccc32)c(C(C)C)c1N=C(N)c1ccccc1.O=CCCl. The molecular formula is C52H53ClN6O3. The van der Waals surface area contributed by atoms with E-state index in [0.717, 1.165) is 60.9 Å². The Bertz CT molecular complexity index is 3000. The fourth-order valence-corrected chi connectivity index (χ4v) is 7.99. The molecule has 0 saturated carbocycles. The van der Waals surface area contributed by atoms with Gasteiger partial charge < -0.3 is 19.4 Å². The van der Waals surface area contributed by atoms with Gasteiger partial charge in [0.2, 0.25) is 11.4 Å². The summed E-state index contributed by atoms with van der Waals surface area (Å²) < 4.78 is 14.7. The average molecular weight is 845 g/mol. The summed E-state index contributed by atoms with van der Waals surface area (Å²) in [4.78, 5) is 27.5. The summed E-state index contributed by atoms with van der Waals surface area (Å²) in [6, 6.07) is 32.8. The minimum absolute atomic E-state index is 0.111. The van der Waals surface area contributed by atoms with Crippen molar-refractivity contribution in [2.75, 3.05) is 5.88 Å². The lowest BCUT2D eigenvalue weighted by Gasteiger charge is -2.22.